The molecule has 4 nitrogen and oxygen atoms in total. The maximum atomic E-state index is 13.8. The highest BCUT2D eigenvalue weighted by Gasteiger charge is 2.39. The van der Waals surface area contributed by atoms with E-state index in [1.54, 1.807) is 37.3 Å². The first-order valence-electron chi connectivity index (χ1n) is 10.9. The zero-order chi connectivity index (χ0) is 25.3. The highest BCUT2D eigenvalue weighted by Crippen LogP contribution is 2.47. The Morgan fingerprint density at radius 2 is 2.03 bits per heavy atom. The first-order chi connectivity index (χ1) is 16.6. The lowest BCUT2D eigenvalue weighted by atomic mass is 9.74. The van der Waals surface area contributed by atoms with Crippen LogP contribution in [0.1, 0.15) is 45.8 Å². The van der Waals surface area contributed by atoms with Gasteiger partial charge in [-0.15, -0.1) is 11.3 Å². The van der Waals surface area contributed by atoms with E-state index in [1.807, 2.05) is 0 Å². The minimum Gasteiger partial charge on any atom is -0.295 e. The Morgan fingerprint density at radius 1 is 1.29 bits per heavy atom. The van der Waals surface area contributed by atoms with Gasteiger partial charge in [0.05, 0.1) is 0 Å². The molecule has 10 heteroatoms. The van der Waals surface area contributed by atoms with Crippen molar-refractivity contribution in [1.29, 1.82) is 5.26 Å². The van der Waals surface area contributed by atoms with Crippen LogP contribution >= 0.6 is 11.3 Å². The fourth-order valence-corrected chi connectivity index (χ4v) is 5.62. The number of carbonyl (C=O) groups excluding carboxylic acids is 1. The second kappa shape index (κ2) is 9.74. The van der Waals surface area contributed by atoms with Crippen LogP contribution in [0.5, 0.6) is 0 Å². The summed E-state index contributed by atoms with van der Waals surface area (Å²) < 4.78 is 68.0. The third kappa shape index (κ3) is 5.05. The van der Waals surface area contributed by atoms with Gasteiger partial charge in [0, 0.05) is 35.0 Å². The molecule has 0 amide bonds. The Morgan fingerprint density at radius 3 is 2.69 bits per heavy atom. The number of hydrogen-bond donors (Lipinski definition) is 0. The molecule has 0 saturated heterocycles. The molecular formula is C25H20F5N3OS. The highest BCUT2D eigenvalue weighted by atomic mass is 32.1. The summed E-state index contributed by atoms with van der Waals surface area (Å²) in [5, 5.41) is 13.1. The van der Waals surface area contributed by atoms with E-state index in [1.165, 1.54) is 22.2 Å². The monoisotopic (exact) mass is 505 g/mol. The Bertz CT molecular complexity index is 1320. The average molecular weight is 506 g/mol. The van der Waals surface area contributed by atoms with E-state index in [0.717, 1.165) is 16.5 Å². The van der Waals surface area contributed by atoms with Crippen molar-refractivity contribution in [3.63, 3.8) is 0 Å². The van der Waals surface area contributed by atoms with E-state index >= 15 is 0 Å². The van der Waals surface area contributed by atoms with Gasteiger partial charge in [-0.05, 0) is 54.7 Å². The molecule has 2 aromatic heterocycles. The molecule has 0 N–H and O–H groups in total. The second-order valence-corrected chi connectivity index (χ2v) is 9.36. The summed E-state index contributed by atoms with van der Waals surface area (Å²) in [7, 11) is 0. The molecule has 0 fully saturated rings. The molecule has 1 aliphatic rings. The fourth-order valence-electron chi connectivity index (χ4n) is 4.52. The normalized spacial score (nSPS) is 18.1. The summed E-state index contributed by atoms with van der Waals surface area (Å²) in [6.07, 6.45) is -4.17. The zero-order valence-electron chi connectivity index (χ0n) is 18.5. The number of carbonyl (C=O) groups is 1. The van der Waals surface area contributed by atoms with Crippen LogP contribution in [0.3, 0.4) is 0 Å². The third-order valence-electron chi connectivity index (χ3n) is 6.07. The largest absolute Gasteiger partial charge is 0.435 e. The predicted molar refractivity (Wildman–Crippen MR) is 121 cm³/mol. The van der Waals surface area contributed by atoms with Crippen molar-refractivity contribution in [2.24, 2.45) is 5.92 Å². The van der Waals surface area contributed by atoms with Crippen molar-refractivity contribution in [3.05, 3.63) is 75.3 Å². The lowest BCUT2D eigenvalue weighted by Gasteiger charge is -2.30. The third-order valence-corrected chi connectivity index (χ3v) is 7.15. The summed E-state index contributed by atoms with van der Waals surface area (Å²) in [5.41, 5.74) is 0.595. The van der Waals surface area contributed by atoms with Crippen molar-refractivity contribution < 1.29 is 26.7 Å². The van der Waals surface area contributed by atoms with Crippen LogP contribution in [-0.4, -0.2) is 22.0 Å². The van der Waals surface area contributed by atoms with Gasteiger partial charge in [0.2, 0.25) is 0 Å². The Hall–Kier alpha value is -3.32. The number of rotatable bonds is 6. The summed E-state index contributed by atoms with van der Waals surface area (Å²) in [4.78, 5) is 13.9. The number of alkyl halides is 5. The van der Waals surface area contributed by atoms with Gasteiger partial charge in [-0.2, -0.15) is 23.5 Å². The predicted octanol–water partition coefficient (Wildman–Crippen LogP) is 6.61. The second-order valence-electron chi connectivity index (χ2n) is 8.22. The van der Waals surface area contributed by atoms with E-state index in [-0.39, 0.29) is 24.9 Å². The van der Waals surface area contributed by atoms with Crippen molar-refractivity contribution in [3.8, 4) is 17.2 Å². The molecule has 3 aromatic rings. The number of thiophene rings is 1. The van der Waals surface area contributed by atoms with E-state index < -0.39 is 35.9 Å². The summed E-state index contributed by atoms with van der Waals surface area (Å²) >= 11 is 1.21. The minimum atomic E-state index is -4.67. The molecule has 35 heavy (non-hydrogen) atoms. The van der Waals surface area contributed by atoms with Crippen LogP contribution in [0.4, 0.5) is 22.0 Å². The molecule has 0 saturated carbocycles. The molecule has 0 bridgehead atoms. The first kappa shape index (κ1) is 24.8. The molecular weight excluding hydrogens is 485 g/mol. The van der Waals surface area contributed by atoms with E-state index in [0.29, 0.717) is 22.1 Å². The smallest absolute Gasteiger partial charge is 0.295 e. The van der Waals surface area contributed by atoms with Crippen LogP contribution in [0.25, 0.3) is 11.1 Å². The molecule has 2 heterocycles. The molecule has 0 spiro atoms. The number of aromatic nitrogens is 2. The molecule has 4 rings (SSSR count). The van der Waals surface area contributed by atoms with Crippen molar-refractivity contribution in [2.75, 3.05) is 0 Å². The standard InChI is InChI=1S/C25H20F5N3OS/c1-2-33-13-20(24(32-33)25(28,29)30)17-6-4-3-5-16(17)18-9-14(21(34)7-8-23(26)27)10-22-19(18)11-15(12-31)35-22/h3-8,11,13-14,18,23H,2,9-10H2,1H3/b8-7+/t14?,18-/m0/s1. The van der Waals surface area contributed by atoms with Gasteiger partial charge >= 0.3 is 6.18 Å². The van der Waals surface area contributed by atoms with Gasteiger partial charge in [0.1, 0.15) is 10.9 Å². The minimum absolute atomic E-state index is 0.0710. The first-order valence-corrected chi connectivity index (χ1v) is 11.7. The van der Waals surface area contributed by atoms with Gasteiger partial charge in [0.25, 0.3) is 6.43 Å². The van der Waals surface area contributed by atoms with Gasteiger partial charge in [-0.3, -0.25) is 9.48 Å². The number of fused-ring (bicyclic) bond motifs is 1. The Balaban J connectivity index is 1.85. The number of benzene rings is 1. The van der Waals surface area contributed by atoms with Crippen molar-refractivity contribution >= 4 is 17.1 Å². The lowest BCUT2D eigenvalue weighted by Crippen LogP contribution is -2.24. The lowest BCUT2D eigenvalue weighted by molar-refractivity contribution is -0.141. The molecule has 1 aliphatic carbocycles. The maximum Gasteiger partial charge on any atom is 0.435 e. The van der Waals surface area contributed by atoms with Crippen molar-refractivity contribution in [2.45, 2.75) is 44.8 Å². The molecule has 0 radical (unpaired) electrons. The molecule has 0 aliphatic heterocycles. The number of ketones is 1. The molecule has 2 atom stereocenters. The number of hydrogen-bond acceptors (Lipinski definition) is 4. The van der Waals surface area contributed by atoms with Gasteiger partial charge in [-0.25, -0.2) is 8.78 Å². The average Bonchev–Trinajstić information content (AvgIpc) is 3.46. The van der Waals surface area contributed by atoms with Crippen molar-refractivity contribution in [1.82, 2.24) is 9.78 Å². The Labute approximate surface area is 202 Å². The number of halogens is 5. The van der Waals surface area contributed by atoms with Crippen LogP contribution in [0, 0.1) is 17.2 Å². The van der Waals surface area contributed by atoms with Crippen LogP contribution < -0.4 is 0 Å². The van der Waals surface area contributed by atoms with Crippen LogP contribution in [0.15, 0.2) is 48.7 Å². The number of nitriles is 1. The number of aryl methyl sites for hydroxylation is 1. The Kier molecular flexibility index (Phi) is 6.90. The number of nitrogens with zero attached hydrogens (tertiary/aromatic N) is 3. The molecule has 182 valence electrons. The van der Waals surface area contributed by atoms with Crippen LogP contribution in [0.2, 0.25) is 0 Å². The quantitative estimate of drug-likeness (QED) is 0.280. The van der Waals surface area contributed by atoms with E-state index in [4.69, 9.17) is 0 Å². The summed E-state index contributed by atoms with van der Waals surface area (Å²) in [5.74, 6) is -1.60. The van der Waals surface area contributed by atoms with Gasteiger partial charge < -0.3 is 0 Å². The number of allylic oxidation sites excluding steroid dienone is 2. The van der Waals surface area contributed by atoms with Gasteiger partial charge in [0.15, 0.2) is 11.5 Å². The summed E-state index contributed by atoms with van der Waals surface area (Å²) in [6, 6.07) is 10.4. The molecule has 1 unspecified atom stereocenters. The SMILES string of the molecule is CCn1cc(-c2ccccc2[C@@H]2CC(C(=O)/C=C/C(F)F)Cc3sc(C#N)cc32)c(C(F)(F)F)n1. The zero-order valence-corrected chi connectivity index (χ0v) is 19.3. The maximum absolute atomic E-state index is 13.8. The topological polar surface area (TPSA) is 58.7 Å². The van der Waals surface area contributed by atoms with Gasteiger partial charge in [-0.1, -0.05) is 24.3 Å². The fraction of sp³-hybridized carbons (Fsp3) is 0.320. The van der Waals surface area contributed by atoms with Crippen LogP contribution in [-0.2, 0) is 23.9 Å². The van der Waals surface area contributed by atoms with E-state index in [9.17, 15) is 32.0 Å². The molecule has 1 aromatic carbocycles. The summed E-state index contributed by atoms with van der Waals surface area (Å²) in [6.45, 7) is 1.94. The highest BCUT2D eigenvalue weighted by molar-refractivity contribution is 7.12. The van der Waals surface area contributed by atoms with E-state index in [2.05, 4.69) is 11.2 Å².